The third-order valence-corrected chi connectivity index (χ3v) is 6.39. The topological polar surface area (TPSA) is 76.9 Å². The molecule has 1 fully saturated rings. The van der Waals surface area contributed by atoms with Crippen molar-refractivity contribution in [3.8, 4) is 11.4 Å². The average molecular weight is 400 g/mol. The van der Waals surface area contributed by atoms with Gasteiger partial charge in [0.25, 0.3) is 0 Å². The van der Waals surface area contributed by atoms with Gasteiger partial charge in [-0.2, -0.15) is 5.10 Å². The van der Waals surface area contributed by atoms with Crippen molar-refractivity contribution in [1.82, 2.24) is 19.5 Å². The molecule has 1 aromatic carbocycles. The molecule has 0 bridgehead atoms. The molecule has 0 saturated heterocycles. The highest BCUT2D eigenvalue weighted by Crippen LogP contribution is 2.33. The van der Waals surface area contributed by atoms with Crippen LogP contribution in [0.4, 0.5) is 4.39 Å². The van der Waals surface area contributed by atoms with Crippen LogP contribution >= 0.6 is 0 Å². The number of hydrogen-bond acceptors (Lipinski definition) is 4. The lowest BCUT2D eigenvalue weighted by molar-refractivity contribution is 0.466. The summed E-state index contributed by atoms with van der Waals surface area (Å²) < 4.78 is 43.2. The maximum Gasteiger partial charge on any atom is 0.243 e. The number of pyridine rings is 1. The van der Waals surface area contributed by atoms with E-state index in [1.54, 1.807) is 6.20 Å². The van der Waals surface area contributed by atoms with Crippen LogP contribution in [-0.2, 0) is 16.6 Å². The first-order chi connectivity index (χ1) is 13.5. The Hall–Kier alpha value is -2.58. The summed E-state index contributed by atoms with van der Waals surface area (Å²) in [5.74, 6) is -0.777. The number of nitrogens with one attached hydrogen (secondary N) is 1. The standard InChI is InChI=1S/C20H21FN4O2S/c21-17-9-3-4-11-20(17)28(26,27)23-14-15-13-19(18-10-5-6-12-22-18)25(24-15)16-7-1-2-8-16/h3-6,9-13,16,23H,1-2,7-8,14H2. The van der Waals surface area contributed by atoms with Crippen LogP contribution in [0.2, 0.25) is 0 Å². The van der Waals surface area contributed by atoms with Crippen molar-refractivity contribution in [1.29, 1.82) is 0 Å². The highest BCUT2D eigenvalue weighted by Gasteiger charge is 2.24. The Kier molecular flexibility index (Phi) is 5.23. The van der Waals surface area contributed by atoms with E-state index in [-0.39, 0.29) is 17.5 Å². The number of rotatable bonds is 6. The molecule has 0 spiro atoms. The molecular formula is C20H21FN4O2S. The van der Waals surface area contributed by atoms with Gasteiger partial charge in [-0.1, -0.05) is 31.0 Å². The molecule has 2 heterocycles. The molecule has 0 aliphatic heterocycles. The first-order valence-electron chi connectivity index (χ1n) is 9.28. The molecule has 146 valence electrons. The van der Waals surface area contributed by atoms with E-state index in [1.165, 1.54) is 18.2 Å². The van der Waals surface area contributed by atoms with Gasteiger partial charge >= 0.3 is 0 Å². The molecule has 3 aromatic rings. The molecule has 0 radical (unpaired) electrons. The second-order valence-electron chi connectivity index (χ2n) is 6.87. The van der Waals surface area contributed by atoms with Crippen LogP contribution in [0.1, 0.15) is 37.4 Å². The van der Waals surface area contributed by atoms with E-state index in [1.807, 2.05) is 28.9 Å². The van der Waals surface area contributed by atoms with Crippen molar-refractivity contribution in [2.24, 2.45) is 0 Å². The van der Waals surface area contributed by atoms with Crippen molar-refractivity contribution in [3.05, 3.63) is 66.2 Å². The minimum Gasteiger partial charge on any atom is -0.260 e. The van der Waals surface area contributed by atoms with E-state index < -0.39 is 15.8 Å². The van der Waals surface area contributed by atoms with Crippen LogP contribution in [0.25, 0.3) is 11.4 Å². The summed E-state index contributed by atoms with van der Waals surface area (Å²) in [6.07, 6.45) is 6.12. The molecule has 8 heteroatoms. The molecule has 2 aromatic heterocycles. The highest BCUT2D eigenvalue weighted by molar-refractivity contribution is 7.89. The number of aromatic nitrogens is 3. The Balaban J connectivity index is 1.61. The summed E-state index contributed by atoms with van der Waals surface area (Å²) >= 11 is 0. The quantitative estimate of drug-likeness (QED) is 0.685. The summed E-state index contributed by atoms with van der Waals surface area (Å²) in [6.45, 7) is -0.0176. The van der Waals surface area contributed by atoms with Gasteiger partial charge in [0.2, 0.25) is 10.0 Å². The van der Waals surface area contributed by atoms with Crippen LogP contribution in [0.5, 0.6) is 0 Å². The molecule has 1 N–H and O–H groups in total. The SMILES string of the molecule is O=S(=O)(NCc1cc(-c2ccccn2)n(C2CCCC2)n1)c1ccccc1F. The molecule has 0 amide bonds. The van der Waals surface area contributed by atoms with Gasteiger partial charge in [0.15, 0.2) is 0 Å². The largest absolute Gasteiger partial charge is 0.260 e. The van der Waals surface area contributed by atoms with E-state index in [0.29, 0.717) is 5.69 Å². The second-order valence-corrected chi connectivity index (χ2v) is 8.61. The first-order valence-corrected chi connectivity index (χ1v) is 10.8. The van der Waals surface area contributed by atoms with Gasteiger partial charge in [-0.15, -0.1) is 0 Å². The number of hydrogen-bond donors (Lipinski definition) is 1. The van der Waals surface area contributed by atoms with E-state index in [9.17, 15) is 12.8 Å². The van der Waals surface area contributed by atoms with Gasteiger partial charge in [0.1, 0.15) is 10.7 Å². The lowest BCUT2D eigenvalue weighted by Gasteiger charge is -2.13. The normalized spacial score (nSPS) is 15.2. The van der Waals surface area contributed by atoms with Crippen molar-refractivity contribution < 1.29 is 12.8 Å². The van der Waals surface area contributed by atoms with E-state index in [4.69, 9.17) is 0 Å². The average Bonchev–Trinajstić information content (AvgIpc) is 3.37. The van der Waals surface area contributed by atoms with Gasteiger partial charge in [-0.05, 0) is 43.2 Å². The van der Waals surface area contributed by atoms with Crippen LogP contribution in [0.3, 0.4) is 0 Å². The molecule has 6 nitrogen and oxygen atoms in total. The highest BCUT2D eigenvalue weighted by atomic mass is 32.2. The predicted octanol–water partition coefficient (Wildman–Crippen LogP) is 3.68. The molecule has 4 rings (SSSR count). The summed E-state index contributed by atoms with van der Waals surface area (Å²) in [7, 11) is -3.97. The molecule has 28 heavy (non-hydrogen) atoms. The van der Waals surface area contributed by atoms with Crippen LogP contribution in [0, 0.1) is 5.82 Å². The van der Waals surface area contributed by atoms with E-state index in [0.717, 1.165) is 43.1 Å². The fourth-order valence-electron chi connectivity index (χ4n) is 3.57. The Morgan fingerprint density at radius 3 is 2.57 bits per heavy atom. The van der Waals surface area contributed by atoms with Crippen LogP contribution in [-0.4, -0.2) is 23.2 Å². The van der Waals surface area contributed by atoms with Crippen molar-refractivity contribution in [2.75, 3.05) is 0 Å². The zero-order valence-corrected chi connectivity index (χ0v) is 16.1. The zero-order valence-electron chi connectivity index (χ0n) is 15.3. The minimum absolute atomic E-state index is 0.0176. The van der Waals surface area contributed by atoms with Crippen LogP contribution in [0.15, 0.2) is 59.6 Å². The lowest BCUT2D eigenvalue weighted by atomic mass is 10.2. The molecule has 1 saturated carbocycles. The molecular weight excluding hydrogens is 379 g/mol. The third kappa shape index (κ3) is 3.83. The van der Waals surface area contributed by atoms with Gasteiger partial charge < -0.3 is 0 Å². The Bertz CT molecular complexity index is 1060. The van der Waals surface area contributed by atoms with E-state index in [2.05, 4.69) is 14.8 Å². The fraction of sp³-hybridized carbons (Fsp3) is 0.300. The van der Waals surface area contributed by atoms with Crippen LogP contribution < -0.4 is 4.72 Å². The van der Waals surface area contributed by atoms with Gasteiger partial charge in [-0.3, -0.25) is 9.67 Å². The third-order valence-electron chi connectivity index (χ3n) is 4.95. The Morgan fingerprint density at radius 1 is 1.11 bits per heavy atom. The molecule has 1 aliphatic rings. The zero-order chi connectivity index (χ0) is 19.6. The van der Waals surface area contributed by atoms with Crippen molar-refractivity contribution in [2.45, 2.75) is 43.2 Å². The van der Waals surface area contributed by atoms with Crippen molar-refractivity contribution >= 4 is 10.0 Å². The molecule has 0 unspecified atom stereocenters. The van der Waals surface area contributed by atoms with Gasteiger partial charge in [0, 0.05) is 6.20 Å². The smallest absolute Gasteiger partial charge is 0.243 e. The van der Waals surface area contributed by atoms with Crippen molar-refractivity contribution in [3.63, 3.8) is 0 Å². The molecule has 1 aliphatic carbocycles. The maximum absolute atomic E-state index is 13.9. The number of nitrogens with zero attached hydrogens (tertiary/aromatic N) is 3. The first kappa shape index (κ1) is 18.8. The number of sulfonamides is 1. The lowest BCUT2D eigenvalue weighted by Crippen LogP contribution is -2.24. The second kappa shape index (κ2) is 7.81. The number of benzene rings is 1. The summed E-state index contributed by atoms with van der Waals surface area (Å²) in [5.41, 5.74) is 2.24. The monoisotopic (exact) mass is 400 g/mol. The Labute approximate surface area is 163 Å². The summed E-state index contributed by atoms with van der Waals surface area (Å²) in [5, 5.41) is 4.64. The molecule has 0 atom stereocenters. The van der Waals surface area contributed by atoms with Gasteiger partial charge in [-0.25, -0.2) is 17.5 Å². The minimum atomic E-state index is -3.97. The number of halogens is 1. The maximum atomic E-state index is 13.9. The van der Waals surface area contributed by atoms with E-state index >= 15 is 0 Å². The summed E-state index contributed by atoms with van der Waals surface area (Å²) in [6, 6.07) is 13.1. The Morgan fingerprint density at radius 2 is 1.86 bits per heavy atom. The fourth-order valence-corrected chi connectivity index (χ4v) is 4.65. The van der Waals surface area contributed by atoms with Gasteiger partial charge in [0.05, 0.1) is 29.7 Å². The summed E-state index contributed by atoms with van der Waals surface area (Å²) in [4.78, 5) is 4.05. The predicted molar refractivity (Wildman–Crippen MR) is 103 cm³/mol.